The number of hydrogen-bond donors (Lipinski definition) is 2. The predicted molar refractivity (Wildman–Crippen MR) is 122 cm³/mol. The first-order chi connectivity index (χ1) is 14.4. The minimum atomic E-state index is -0.633. The number of allylic oxidation sites excluding steroid dienone is 1. The molecule has 2 N–H and O–H groups in total. The lowest BCUT2D eigenvalue weighted by atomic mass is 9.81. The van der Waals surface area contributed by atoms with E-state index in [2.05, 4.69) is 29.3 Å². The third kappa shape index (κ3) is 5.31. The Hall–Kier alpha value is -2.59. The Morgan fingerprint density at radius 2 is 1.63 bits per heavy atom. The molecule has 3 rings (SSSR count). The van der Waals surface area contributed by atoms with Crippen molar-refractivity contribution in [1.82, 2.24) is 10.6 Å². The maximum atomic E-state index is 13.2. The van der Waals surface area contributed by atoms with Gasteiger partial charge in [0.15, 0.2) is 0 Å². The van der Waals surface area contributed by atoms with Gasteiger partial charge in [-0.1, -0.05) is 85.6 Å². The van der Waals surface area contributed by atoms with Crippen molar-refractivity contribution in [3.05, 3.63) is 71.8 Å². The highest BCUT2D eigenvalue weighted by molar-refractivity contribution is 6.29. The highest BCUT2D eigenvalue weighted by Crippen LogP contribution is 2.43. The van der Waals surface area contributed by atoms with Crippen LogP contribution in [0.1, 0.15) is 37.7 Å². The number of carbonyl (C=O) groups is 2. The van der Waals surface area contributed by atoms with Gasteiger partial charge in [0.2, 0.25) is 11.8 Å². The molecule has 0 saturated heterocycles. The zero-order valence-corrected chi connectivity index (χ0v) is 18.2. The molecular formula is C25H29ClN2O2. The molecule has 0 spiro atoms. The smallest absolute Gasteiger partial charge is 0.242 e. The fraction of sp³-hybridized carbons (Fsp3) is 0.360. The number of carbonyl (C=O) groups excluding carboxylic acids is 2. The summed E-state index contributed by atoms with van der Waals surface area (Å²) in [7, 11) is 1.59. The molecule has 1 aliphatic rings. The summed E-state index contributed by atoms with van der Waals surface area (Å²) in [6.07, 6.45) is 4.41. The van der Waals surface area contributed by atoms with Crippen molar-refractivity contribution in [3.63, 3.8) is 0 Å². The minimum Gasteiger partial charge on any atom is -0.357 e. The highest BCUT2D eigenvalue weighted by Gasteiger charge is 2.42. The van der Waals surface area contributed by atoms with Gasteiger partial charge in [0.25, 0.3) is 0 Å². The first-order valence-corrected chi connectivity index (χ1v) is 10.8. The normalized spacial score (nSPS) is 15.9. The second kappa shape index (κ2) is 9.94. The summed E-state index contributed by atoms with van der Waals surface area (Å²) in [6.45, 7) is 3.78. The average molecular weight is 425 g/mol. The predicted octanol–water partition coefficient (Wildman–Crippen LogP) is 4.83. The van der Waals surface area contributed by atoms with E-state index in [9.17, 15) is 9.59 Å². The Labute approximate surface area is 183 Å². The van der Waals surface area contributed by atoms with Gasteiger partial charge >= 0.3 is 0 Å². The molecule has 0 bridgehead atoms. The van der Waals surface area contributed by atoms with Gasteiger partial charge in [-0.3, -0.25) is 9.59 Å². The van der Waals surface area contributed by atoms with E-state index in [0.29, 0.717) is 17.9 Å². The molecule has 4 nitrogen and oxygen atoms in total. The van der Waals surface area contributed by atoms with Gasteiger partial charge in [0.05, 0.1) is 5.41 Å². The van der Waals surface area contributed by atoms with E-state index in [4.69, 9.17) is 11.6 Å². The summed E-state index contributed by atoms with van der Waals surface area (Å²) >= 11 is 6.06. The maximum absolute atomic E-state index is 13.2. The number of benzene rings is 2. The Bertz CT molecular complexity index is 887. The molecule has 1 unspecified atom stereocenters. The molecule has 1 fully saturated rings. The lowest BCUT2D eigenvalue weighted by Crippen LogP contribution is -2.51. The van der Waals surface area contributed by atoms with Crippen LogP contribution >= 0.6 is 11.6 Å². The van der Waals surface area contributed by atoms with E-state index in [1.54, 1.807) is 7.05 Å². The molecule has 2 amide bonds. The second-order valence-electron chi connectivity index (χ2n) is 8.09. The fourth-order valence-corrected chi connectivity index (χ4v) is 4.55. The molecule has 2 aromatic carbocycles. The molecule has 1 saturated carbocycles. The quantitative estimate of drug-likeness (QED) is 0.637. The molecule has 5 heteroatoms. The molecule has 1 aliphatic carbocycles. The topological polar surface area (TPSA) is 58.2 Å². The first-order valence-electron chi connectivity index (χ1n) is 10.4. The van der Waals surface area contributed by atoms with Crippen LogP contribution < -0.4 is 10.6 Å². The van der Waals surface area contributed by atoms with E-state index in [-0.39, 0.29) is 11.8 Å². The Morgan fingerprint density at radius 1 is 1.03 bits per heavy atom. The first kappa shape index (κ1) is 22.1. The van der Waals surface area contributed by atoms with Gasteiger partial charge in [-0.15, -0.1) is 0 Å². The minimum absolute atomic E-state index is 0.101. The van der Waals surface area contributed by atoms with Crippen molar-refractivity contribution < 1.29 is 9.59 Å². The summed E-state index contributed by atoms with van der Waals surface area (Å²) in [5.74, 6) is -0.301. The van der Waals surface area contributed by atoms with E-state index >= 15 is 0 Å². The van der Waals surface area contributed by atoms with Crippen molar-refractivity contribution in [2.45, 2.75) is 44.6 Å². The lowest BCUT2D eigenvalue weighted by Gasteiger charge is -2.30. The van der Waals surface area contributed by atoms with Crippen molar-refractivity contribution in [2.24, 2.45) is 5.41 Å². The van der Waals surface area contributed by atoms with Crippen molar-refractivity contribution in [3.8, 4) is 11.1 Å². The Morgan fingerprint density at radius 3 is 2.20 bits per heavy atom. The zero-order valence-electron chi connectivity index (χ0n) is 17.4. The molecule has 0 aliphatic heterocycles. The summed E-state index contributed by atoms with van der Waals surface area (Å²) in [5, 5.41) is 6.16. The molecule has 2 aromatic rings. The zero-order chi connectivity index (χ0) is 21.6. The van der Waals surface area contributed by atoms with Crippen LogP contribution in [-0.4, -0.2) is 24.9 Å². The van der Waals surface area contributed by atoms with Crippen LogP contribution in [0.25, 0.3) is 11.1 Å². The second-order valence-corrected chi connectivity index (χ2v) is 8.62. The largest absolute Gasteiger partial charge is 0.357 e. The van der Waals surface area contributed by atoms with E-state index < -0.39 is 11.5 Å². The molecule has 0 aromatic heterocycles. The number of nitrogens with one attached hydrogen (secondary N) is 2. The molecular weight excluding hydrogens is 396 g/mol. The van der Waals surface area contributed by atoms with E-state index in [1.807, 2.05) is 42.5 Å². The van der Waals surface area contributed by atoms with Crippen LogP contribution in [0.2, 0.25) is 0 Å². The fourth-order valence-electron chi connectivity index (χ4n) is 4.30. The van der Waals surface area contributed by atoms with Crippen LogP contribution in [0, 0.1) is 5.41 Å². The van der Waals surface area contributed by atoms with Gasteiger partial charge in [0.1, 0.15) is 6.04 Å². The van der Waals surface area contributed by atoms with Crippen LogP contribution in [-0.2, 0) is 16.0 Å². The molecule has 30 heavy (non-hydrogen) atoms. The standard InChI is InChI=1S/C25H29ClN2O2/c1-18(26)17-25(14-6-7-15-25)24(30)28-22(23(29)27-2)16-19-10-12-21(13-11-19)20-8-4-3-5-9-20/h3-5,8-13,22H,1,6-7,14-17H2,2H3,(H,27,29)(H,28,30). The number of rotatable bonds is 8. The van der Waals surface area contributed by atoms with Crippen LogP contribution in [0.5, 0.6) is 0 Å². The van der Waals surface area contributed by atoms with E-state index in [1.165, 1.54) is 0 Å². The van der Waals surface area contributed by atoms with Crippen LogP contribution in [0.15, 0.2) is 66.2 Å². The third-order valence-corrected chi connectivity index (χ3v) is 6.08. The summed E-state index contributed by atoms with van der Waals surface area (Å²) < 4.78 is 0. The van der Waals surface area contributed by atoms with Gasteiger partial charge in [0, 0.05) is 18.5 Å². The monoisotopic (exact) mass is 424 g/mol. The Kier molecular flexibility index (Phi) is 7.33. The van der Waals surface area contributed by atoms with Gasteiger partial charge in [-0.25, -0.2) is 0 Å². The SMILES string of the molecule is C=C(Cl)CC1(C(=O)NC(Cc2ccc(-c3ccccc3)cc2)C(=O)NC)CCCC1. The number of likely N-dealkylation sites (N-methyl/N-ethyl adjacent to an activating group) is 1. The molecule has 158 valence electrons. The molecule has 0 radical (unpaired) electrons. The average Bonchev–Trinajstić information content (AvgIpc) is 3.23. The lowest BCUT2D eigenvalue weighted by molar-refractivity contribution is -0.135. The van der Waals surface area contributed by atoms with Gasteiger partial charge < -0.3 is 10.6 Å². The van der Waals surface area contributed by atoms with Crippen LogP contribution in [0.3, 0.4) is 0 Å². The summed E-state index contributed by atoms with van der Waals surface area (Å²) in [6, 6.07) is 17.6. The highest BCUT2D eigenvalue weighted by atomic mass is 35.5. The number of amides is 2. The number of hydrogen-bond acceptors (Lipinski definition) is 2. The van der Waals surface area contributed by atoms with Crippen molar-refractivity contribution in [1.29, 1.82) is 0 Å². The maximum Gasteiger partial charge on any atom is 0.242 e. The van der Waals surface area contributed by atoms with Crippen LogP contribution in [0.4, 0.5) is 0 Å². The third-order valence-electron chi connectivity index (χ3n) is 5.94. The van der Waals surface area contributed by atoms with Gasteiger partial charge in [-0.05, 0) is 36.0 Å². The number of halogens is 1. The molecule has 1 atom stereocenters. The molecule has 0 heterocycles. The van der Waals surface area contributed by atoms with Gasteiger partial charge in [-0.2, -0.15) is 0 Å². The summed E-state index contributed by atoms with van der Waals surface area (Å²) in [4.78, 5) is 25.7. The van der Waals surface area contributed by atoms with Crippen molar-refractivity contribution in [2.75, 3.05) is 7.05 Å². The van der Waals surface area contributed by atoms with Crippen molar-refractivity contribution >= 4 is 23.4 Å². The Balaban J connectivity index is 1.74. The van der Waals surface area contributed by atoms with E-state index in [0.717, 1.165) is 42.4 Å². The summed E-state index contributed by atoms with van der Waals surface area (Å²) in [5.41, 5.74) is 2.70.